The van der Waals surface area contributed by atoms with Crippen LogP contribution in [0.15, 0.2) is 6.20 Å². The molecule has 6 nitrogen and oxygen atoms in total. The van der Waals surface area contributed by atoms with E-state index in [0.29, 0.717) is 18.1 Å². The minimum Gasteiger partial charge on any atom is -0.476 e. The standard InChI is InChI=1S/C12H19N3O3/c1-7(2)11-14-5-9(10(15-11)12(17)18)13-4-8(3)6-16/h5,7-8,13,16H,4,6H2,1-3H3,(H,17,18). The summed E-state index contributed by atoms with van der Waals surface area (Å²) in [6.07, 6.45) is 1.48. The van der Waals surface area contributed by atoms with Gasteiger partial charge in [0.05, 0.1) is 11.9 Å². The van der Waals surface area contributed by atoms with Crippen LogP contribution in [0, 0.1) is 5.92 Å². The Labute approximate surface area is 106 Å². The third kappa shape index (κ3) is 3.66. The summed E-state index contributed by atoms with van der Waals surface area (Å²) in [6, 6.07) is 0. The van der Waals surface area contributed by atoms with Gasteiger partial charge in [0.15, 0.2) is 5.69 Å². The van der Waals surface area contributed by atoms with Crippen LogP contribution in [-0.4, -0.2) is 39.3 Å². The maximum Gasteiger partial charge on any atom is 0.356 e. The fourth-order valence-electron chi connectivity index (χ4n) is 1.31. The van der Waals surface area contributed by atoms with Gasteiger partial charge in [0.25, 0.3) is 0 Å². The van der Waals surface area contributed by atoms with Crippen molar-refractivity contribution in [1.29, 1.82) is 0 Å². The van der Waals surface area contributed by atoms with Crippen molar-refractivity contribution >= 4 is 11.7 Å². The van der Waals surface area contributed by atoms with Gasteiger partial charge >= 0.3 is 5.97 Å². The van der Waals surface area contributed by atoms with E-state index in [-0.39, 0.29) is 24.1 Å². The van der Waals surface area contributed by atoms with Crippen LogP contribution < -0.4 is 5.32 Å². The Balaban J connectivity index is 2.93. The van der Waals surface area contributed by atoms with Gasteiger partial charge in [-0.15, -0.1) is 0 Å². The fourth-order valence-corrected chi connectivity index (χ4v) is 1.31. The van der Waals surface area contributed by atoms with Crippen LogP contribution in [0.2, 0.25) is 0 Å². The molecule has 0 saturated heterocycles. The zero-order valence-electron chi connectivity index (χ0n) is 10.8. The Morgan fingerprint density at radius 1 is 1.44 bits per heavy atom. The maximum absolute atomic E-state index is 11.1. The van der Waals surface area contributed by atoms with Crippen molar-refractivity contribution in [3.05, 3.63) is 17.7 Å². The zero-order chi connectivity index (χ0) is 13.7. The summed E-state index contributed by atoms with van der Waals surface area (Å²) in [5, 5.41) is 21.0. The molecule has 3 N–H and O–H groups in total. The second kappa shape index (κ2) is 6.30. The number of nitrogens with one attached hydrogen (secondary N) is 1. The highest BCUT2D eigenvalue weighted by Gasteiger charge is 2.15. The number of hydrogen-bond donors (Lipinski definition) is 3. The molecule has 1 unspecified atom stereocenters. The van der Waals surface area contributed by atoms with E-state index in [1.165, 1.54) is 6.20 Å². The van der Waals surface area contributed by atoms with Gasteiger partial charge in [-0.1, -0.05) is 20.8 Å². The van der Waals surface area contributed by atoms with Crippen molar-refractivity contribution in [3.63, 3.8) is 0 Å². The molecule has 100 valence electrons. The Hall–Kier alpha value is -1.69. The van der Waals surface area contributed by atoms with E-state index in [2.05, 4.69) is 15.3 Å². The number of carboxylic acids is 1. The molecule has 0 amide bonds. The molecule has 1 atom stereocenters. The van der Waals surface area contributed by atoms with Crippen molar-refractivity contribution in [1.82, 2.24) is 9.97 Å². The van der Waals surface area contributed by atoms with Crippen molar-refractivity contribution in [2.45, 2.75) is 26.7 Å². The fraction of sp³-hybridized carbons (Fsp3) is 0.583. The lowest BCUT2D eigenvalue weighted by molar-refractivity contribution is 0.0691. The van der Waals surface area contributed by atoms with Gasteiger partial charge in [-0.2, -0.15) is 0 Å². The number of aromatic nitrogens is 2. The van der Waals surface area contributed by atoms with E-state index >= 15 is 0 Å². The summed E-state index contributed by atoms with van der Waals surface area (Å²) >= 11 is 0. The lowest BCUT2D eigenvalue weighted by Crippen LogP contribution is -2.18. The molecule has 0 radical (unpaired) electrons. The smallest absolute Gasteiger partial charge is 0.356 e. The molecule has 0 saturated carbocycles. The quantitative estimate of drug-likeness (QED) is 0.708. The Morgan fingerprint density at radius 3 is 2.61 bits per heavy atom. The molecule has 0 aliphatic carbocycles. The van der Waals surface area contributed by atoms with E-state index in [1.807, 2.05) is 20.8 Å². The topological polar surface area (TPSA) is 95.3 Å². The van der Waals surface area contributed by atoms with Gasteiger partial charge in [0.2, 0.25) is 0 Å². The van der Waals surface area contributed by atoms with E-state index < -0.39 is 5.97 Å². The van der Waals surface area contributed by atoms with Gasteiger partial charge < -0.3 is 15.5 Å². The molecule has 0 aliphatic heterocycles. The van der Waals surface area contributed by atoms with Crippen LogP contribution in [0.25, 0.3) is 0 Å². The molecular formula is C12H19N3O3. The summed E-state index contributed by atoms with van der Waals surface area (Å²) < 4.78 is 0. The summed E-state index contributed by atoms with van der Waals surface area (Å²) in [4.78, 5) is 19.3. The van der Waals surface area contributed by atoms with E-state index in [0.717, 1.165) is 0 Å². The monoisotopic (exact) mass is 253 g/mol. The van der Waals surface area contributed by atoms with E-state index in [9.17, 15) is 4.79 Å². The summed E-state index contributed by atoms with van der Waals surface area (Å²) in [5.74, 6) is -0.462. The number of rotatable bonds is 6. The van der Waals surface area contributed by atoms with Gasteiger partial charge in [-0.3, -0.25) is 0 Å². The normalized spacial score (nSPS) is 12.5. The second-order valence-electron chi connectivity index (χ2n) is 4.62. The first-order chi connectivity index (χ1) is 8.45. The lowest BCUT2D eigenvalue weighted by Gasteiger charge is -2.13. The SMILES string of the molecule is CC(CO)CNc1cnc(C(C)C)nc1C(=O)O. The zero-order valence-corrected chi connectivity index (χ0v) is 10.8. The van der Waals surface area contributed by atoms with Gasteiger partial charge in [0.1, 0.15) is 5.82 Å². The Morgan fingerprint density at radius 2 is 2.11 bits per heavy atom. The first kappa shape index (κ1) is 14.4. The molecular weight excluding hydrogens is 234 g/mol. The molecule has 0 aliphatic rings. The minimum atomic E-state index is -1.08. The molecule has 0 spiro atoms. The number of aliphatic hydroxyl groups excluding tert-OH is 1. The number of nitrogens with zero attached hydrogens (tertiary/aromatic N) is 2. The molecule has 1 rings (SSSR count). The van der Waals surface area contributed by atoms with Crippen LogP contribution in [0.5, 0.6) is 0 Å². The summed E-state index contributed by atoms with van der Waals surface area (Å²) in [6.45, 7) is 6.18. The Bertz CT molecular complexity index is 421. The van der Waals surface area contributed by atoms with Crippen molar-refractivity contribution in [2.75, 3.05) is 18.5 Å². The molecule has 18 heavy (non-hydrogen) atoms. The number of anilines is 1. The number of hydrogen-bond acceptors (Lipinski definition) is 5. The molecule has 0 bridgehead atoms. The molecule has 0 fully saturated rings. The third-order valence-electron chi connectivity index (χ3n) is 2.48. The highest BCUT2D eigenvalue weighted by atomic mass is 16.4. The van der Waals surface area contributed by atoms with Gasteiger partial charge in [-0.05, 0) is 5.92 Å². The van der Waals surface area contributed by atoms with Gasteiger partial charge in [0, 0.05) is 19.1 Å². The van der Waals surface area contributed by atoms with E-state index in [1.54, 1.807) is 0 Å². The molecule has 1 aromatic heterocycles. The van der Waals surface area contributed by atoms with Crippen LogP contribution >= 0.6 is 0 Å². The molecule has 1 aromatic rings. The first-order valence-electron chi connectivity index (χ1n) is 5.90. The second-order valence-corrected chi connectivity index (χ2v) is 4.62. The first-order valence-corrected chi connectivity index (χ1v) is 5.90. The average Bonchev–Trinajstić information content (AvgIpc) is 2.35. The number of carbonyl (C=O) groups is 1. The average molecular weight is 253 g/mol. The summed E-state index contributed by atoms with van der Waals surface area (Å²) in [7, 11) is 0. The highest BCUT2D eigenvalue weighted by molar-refractivity contribution is 5.91. The minimum absolute atomic E-state index is 0.0289. The van der Waals surface area contributed by atoms with Gasteiger partial charge in [-0.25, -0.2) is 14.8 Å². The number of aromatic carboxylic acids is 1. The largest absolute Gasteiger partial charge is 0.476 e. The van der Waals surface area contributed by atoms with Crippen LogP contribution in [0.4, 0.5) is 5.69 Å². The molecule has 6 heteroatoms. The number of carboxylic acid groups (broad SMARTS) is 1. The number of aliphatic hydroxyl groups is 1. The maximum atomic E-state index is 11.1. The Kier molecular flexibility index (Phi) is 5.03. The predicted octanol–water partition coefficient (Wildman–Crippen LogP) is 1.34. The van der Waals surface area contributed by atoms with Crippen LogP contribution in [-0.2, 0) is 0 Å². The van der Waals surface area contributed by atoms with Crippen molar-refractivity contribution in [2.24, 2.45) is 5.92 Å². The molecule has 0 aromatic carbocycles. The van der Waals surface area contributed by atoms with Crippen LogP contribution in [0.1, 0.15) is 43.0 Å². The lowest BCUT2D eigenvalue weighted by atomic mass is 10.2. The van der Waals surface area contributed by atoms with Crippen molar-refractivity contribution < 1.29 is 15.0 Å². The predicted molar refractivity (Wildman–Crippen MR) is 67.8 cm³/mol. The van der Waals surface area contributed by atoms with E-state index in [4.69, 9.17) is 10.2 Å². The third-order valence-corrected chi connectivity index (χ3v) is 2.48. The highest BCUT2D eigenvalue weighted by Crippen LogP contribution is 2.16. The van der Waals surface area contributed by atoms with Crippen LogP contribution in [0.3, 0.4) is 0 Å². The van der Waals surface area contributed by atoms with Crippen molar-refractivity contribution in [3.8, 4) is 0 Å². The molecule has 1 heterocycles. The summed E-state index contributed by atoms with van der Waals surface area (Å²) in [5.41, 5.74) is 0.353.